The van der Waals surface area contributed by atoms with Crippen molar-refractivity contribution in [3.63, 3.8) is 0 Å². The number of anilines is 1. The molecule has 0 fully saturated rings. The van der Waals surface area contributed by atoms with E-state index in [0.29, 0.717) is 18.0 Å². The maximum Gasteiger partial charge on any atom is 0.232 e. The Morgan fingerprint density at radius 1 is 1.20 bits per heavy atom. The molecular weight excluding hydrogens is 320 g/mol. The second kappa shape index (κ2) is 6.12. The first kappa shape index (κ1) is 15.5. The van der Waals surface area contributed by atoms with Crippen molar-refractivity contribution in [3.8, 4) is 11.5 Å². The number of hydrogen-bond donors (Lipinski definition) is 2. The smallest absolute Gasteiger partial charge is 0.232 e. The molecule has 1 atom stereocenters. The first-order valence-corrected chi connectivity index (χ1v) is 8.17. The molecule has 6 heteroatoms. The van der Waals surface area contributed by atoms with Gasteiger partial charge in [-0.05, 0) is 36.2 Å². The molecule has 25 heavy (non-hydrogen) atoms. The molecule has 2 heterocycles. The highest BCUT2D eigenvalue weighted by molar-refractivity contribution is 6.05. The van der Waals surface area contributed by atoms with E-state index >= 15 is 0 Å². The van der Waals surface area contributed by atoms with E-state index in [9.17, 15) is 9.59 Å². The van der Waals surface area contributed by atoms with E-state index in [-0.39, 0.29) is 25.0 Å². The molecule has 0 aliphatic carbocycles. The maximum absolute atomic E-state index is 12.3. The minimum absolute atomic E-state index is 0.126. The highest BCUT2D eigenvalue weighted by atomic mass is 16.7. The van der Waals surface area contributed by atoms with Gasteiger partial charge in [0, 0.05) is 18.7 Å². The van der Waals surface area contributed by atoms with E-state index in [1.54, 1.807) is 0 Å². The molecule has 0 saturated heterocycles. The van der Waals surface area contributed by atoms with Crippen molar-refractivity contribution in [2.75, 3.05) is 12.1 Å². The molecule has 0 radical (unpaired) electrons. The van der Waals surface area contributed by atoms with Crippen molar-refractivity contribution in [2.45, 2.75) is 25.8 Å². The van der Waals surface area contributed by atoms with Crippen LogP contribution in [-0.2, 0) is 16.1 Å². The first-order chi connectivity index (χ1) is 12.1. The lowest BCUT2D eigenvalue weighted by Crippen LogP contribution is -2.26. The Hall–Kier alpha value is -3.02. The van der Waals surface area contributed by atoms with E-state index in [2.05, 4.69) is 10.6 Å². The number of carbonyl (C=O) groups excluding carboxylic acids is 2. The zero-order valence-electron chi connectivity index (χ0n) is 13.8. The van der Waals surface area contributed by atoms with Gasteiger partial charge in [0.25, 0.3) is 0 Å². The molecule has 2 amide bonds. The Bertz CT molecular complexity index is 862. The second-order valence-corrected chi connectivity index (χ2v) is 6.30. The Kier molecular flexibility index (Phi) is 3.80. The average Bonchev–Trinajstić information content (AvgIpc) is 3.17. The Morgan fingerprint density at radius 3 is 2.92 bits per heavy atom. The molecule has 6 nitrogen and oxygen atoms in total. The normalized spacial score (nSPS) is 17.2. The molecule has 2 aliphatic rings. The number of carbonyl (C=O) groups is 2. The van der Waals surface area contributed by atoms with Crippen LogP contribution in [0, 0.1) is 6.92 Å². The second-order valence-electron chi connectivity index (χ2n) is 6.30. The van der Waals surface area contributed by atoms with Crippen molar-refractivity contribution in [3.05, 3.63) is 53.1 Å². The standard InChI is InChI=1S/C19H18N2O4/c1-11-2-4-15-13(6-11)14(19(23)21-15)8-18(22)20-9-12-3-5-16-17(7-12)25-10-24-16/h2-7,14H,8-10H2,1H3,(H,20,22)(H,21,23)/t14-/m0/s1. The minimum Gasteiger partial charge on any atom is -0.454 e. The molecule has 0 spiro atoms. The van der Waals surface area contributed by atoms with Gasteiger partial charge >= 0.3 is 0 Å². The van der Waals surface area contributed by atoms with Crippen molar-refractivity contribution in [2.24, 2.45) is 0 Å². The fourth-order valence-corrected chi connectivity index (χ4v) is 3.16. The van der Waals surface area contributed by atoms with Crippen LogP contribution >= 0.6 is 0 Å². The van der Waals surface area contributed by atoms with Gasteiger partial charge in [-0.2, -0.15) is 0 Å². The van der Waals surface area contributed by atoms with Gasteiger partial charge in [-0.25, -0.2) is 0 Å². The van der Waals surface area contributed by atoms with Crippen LogP contribution in [0.2, 0.25) is 0 Å². The number of nitrogens with one attached hydrogen (secondary N) is 2. The van der Waals surface area contributed by atoms with Crippen LogP contribution in [0.5, 0.6) is 11.5 Å². The number of ether oxygens (including phenoxy) is 2. The number of hydrogen-bond acceptors (Lipinski definition) is 4. The van der Waals surface area contributed by atoms with Crippen LogP contribution in [0.1, 0.15) is 29.0 Å². The molecule has 2 aromatic rings. The minimum atomic E-state index is -0.438. The lowest BCUT2D eigenvalue weighted by Gasteiger charge is -2.10. The molecule has 0 bridgehead atoms. The number of amides is 2. The predicted molar refractivity (Wildman–Crippen MR) is 91.6 cm³/mol. The Balaban J connectivity index is 1.40. The van der Waals surface area contributed by atoms with Gasteiger partial charge in [0.15, 0.2) is 11.5 Å². The predicted octanol–water partition coefficient (Wildman–Crippen LogP) is 2.47. The zero-order valence-corrected chi connectivity index (χ0v) is 13.8. The van der Waals surface area contributed by atoms with Gasteiger partial charge in [-0.3, -0.25) is 9.59 Å². The van der Waals surface area contributed by atoms with E-state index in [1.807, 2.05) is 43.3 Å². The molecule has 0 unspecified atom stereocenters. The monoisotopic (exact) mass is 338 g/mol. The lowest BCUT2D eigenvalue weighted by molar-refractivity contribution is -0.125. The van der Waals surface area contributed by atoms with Gasteiger partial charge in [0.2, 0.25) is 18.6 Å². The van der Waals surface area contributed by atoms with E-state index in [4.69, 9.17) is 9.47 Å². The van der Waals surface area contributed by atoms with E-state index in [1.165, 1.54) is 0 Å². The fraction of sp³-hybridized carbons (Fsp3) is 0.263. The molecule has 4 rings (SSSR count). The molecule has 2 aromatic carbocycles. The third kappa shape index (κ3) is 3.03. The summed E-state index contributed by atoms with van der Waals surface area (Å²) >= 11 is 0. The van der Waals surface area contributed by atoms with Crippen LogP contribution in [-0.4, -0.2) is 18.6 Å². The fourth-order valence-electron chi connectivity index (χ4n) is 3.16. The largest absolute Gasteiger partial charge is 0.454 e. The van der Waals surface area contributed by atoms with Crippen LogP contribution in [0.4, 0.5) is 5.69 Å². The van der Waals surface area contributed by atoms with Crippen molar-refractivity contribution in [1.29, 1.82) is 0 Å². The van der Waals surface area contributed by atoms with Crippen molar-refractivity contribution >= 4 is 17.5 Å². The molecule has 0 saturated carbocycles. The van der Waals surface area contributed by atoms with Gasteiger partial charge in [-0.15, -0.1) is 0 Å². The third-order valence-corrected chi connectivity index (χ3v) is 4.47. The summed E-state index contributed by atoms with van der Waals surface area (Å²) in [7, 11) is 0. The van der Waals surface area contributed by atoms with Crippen molar-refractivity contribution < 1.29 is 19.1 Å². The molecule has 128 valence electrons. The van der Waals surface area contributed by atoms with Gasteiger partial charge < -0.3 is 20.1 Å². The summed E-state index contributed by atoms with van der Waals surface area (Å²) in [6.07, 6.45) is 0.132. The maximum atomic E-state index is 12.3. The SMILES string of the molecule is Cc1ccc2c(c1)[C@H](CC(=O)NCc1ccc3c(c1)OCO3)C(=O)N2. The average molecular weight is 338 g/mol. The van der Waals surface area contributed by atoms with E-state index in [0.717, 1.165) is 22.4 Å². The Morgan fingerprint density at radius 2 is 2.04 bits per heavy atom. The summed E-state index contributed by atoms with van der Waals surface area (Å²) in [5.41, 5.74) is 3.68. The van der Waals surface area contributed by atoms with Gasteiger partial charge in [0.05, 0.1) is 5.92 Å². The highest BCUT2D eigenvalue weighted by Crippen LogP contribution is 2.35. The lowest BCUT2D eigenvalue weighted by atomic mass is 9.95. The highest BCUT2D eigenvalue weighted by Gasteiger charge is 2.32. The summed E-state index contributed by atoms with van der Waals surface area (Å²) in [5.74, 6) is 0.675. The quantitative estimate of drug-likeness (QED) is 0.898. The summed E-state index contributed by atoms with van der Waals surface area (Å²) in [5, 5.41) is 5.70. The summed E-state index contributed by atoms with van der Waals surface area (Å²) in [6.45, 7) is 2.57. The topological polar surface area (TPSA) is 76.7 Å². The molecule has 2 N–H and O–H groups in total. The van der Waals surface area contributed by atoms with Crippen LogP contribution in [0.25, 0.3) is 0 Å². The molecule has 0 aromatic heterocycles. The third-order valence-electron chi connectivity index (χ3n) is 4.47. The van der Waals surface area contributed by atoms with E-state index < -0.39 is 5.92 Å². The van der Waals surface area contributed by atoms with Crippen molar-refractivity contribution in [1.82, 2.24) is 5.32 Å². The summed E-state index contributed by atoms with van der Waals surface area (Å²) in [6, 6.07) is 11.4. The number of aryl methyl sites for hydroxylation is 1. The van der Waals surface area contributed by atoms with Crippen LogP contribution < -0.4 is 20.1 Å². The zero-order chi connectivity index (χ0) is 17.4. The molecular formula is C19H18N2O4. The summed E-state index contributed by atoms with van der Waals surface area (Å²) < 4.78 is 10.6. The number of fused-ring (bicyclic) bond motifs is 2. The Labute approximate surface area is 145 Å². The summed E-state index contributed by atoms with van der Waals surface area (Å²) in [4.78, 5) is 24.5. The van der Waals surface area contributed by atoms with Crippen LogP contribution in [0.15, 0.2) is 36.4 Å². The van der Waals surface area contributed by atoms with Crippen LogP contribution in [0.3, 0.4) is 0 Å². The first-order valence-electron chi connectivity index (χ1n) is 8.17. The number of rotatable bonds is 4. The van der Waals surface area contributed by atoms with Gasteiger partial charge in [0.1, 0.15) is 0 Å². The van der Waals surface area contributed by atoms with Gasteiger partial charge in [-0.1, -0.05) is 23.8 Å². The number of benzene rings is 2. The molecule has 2 aliphatic heterocycles.